The Morgan fingerprint density at radius 1 is 1.04 bits per heavy atom. The summed E-state index contributed by atoms with van der Waals surface area (Å²) in [6, 6.07) is 7.81. The molecule has 1 aliphatic heterocycles. The molecule has 3 heterocycles. The average Bonchev–Trinajstić information content (AvgIpc) is 3.28. The molecule has 1 fully saturated rings. The molecule has 11 nitrogen and oxygen atoms in total. The Morgan fingerprint density at radius 3 is 2.50 bits per heavy atom. The summed E-state index contributed by atoms with van der Waals surface area (Å²) < 4.78 is 1.54. The van der Waals surface area contributed by atoms with Gasteiger partial charge < -0.3 is 9.80 Å². The number of anilines is 1. The number of benzene rings is 1. The molecule has 2 aromatic heterocycles. The van der Waals surface area contributed by atoms with Crippen LogP contribution in [0.15, 0.2) is 49.3 Å². The highest BCUT2D eigenvalue weighted by Gasteiger charge is 2.27. The minimum absolute atomic E-state index is 0.108. The van der Waals surface area contributed by atoms with Gasteiger partial charge >= 0.3 is 0 Å². The number of piperazine rings is 1. The molecule has 0 radical (unpaired) electrons. The molecule has 11 heteroatoms. The summed E-state index contributed by atoms with van der Waals surface area (Å²) in [5, 5.41) is 15.2. The van der Waals surface area contributed by atoms with Crippen molar-refractivity contribution in [2.45, 2.75) is 0 Å². The third-order valence-corrected chi connectivity index (χ3v) is 4.51. The van der Waals surface area contributed by atoms with Crippen LogP contribution in [0.3, 0.4) is 0 Å². The van der Waals surface area contributed by atoms with Crippen molar-refractivity contribution in [3.05, 3.63) is 65.0 Å². The van der Waals surface area contributed by atoms with Gasteiger partial charge in [0.2, 0.25) is 0 Å². The monoisotopic (exact) mass is 380 g/mol. The zero-order valence-electron chi connectivity index (χ0n) is 14.7. The average molecular weight is 380 g/mol. The maximum atomic E-state index is 12.7. The molecule has 1 aromatic carbocycles. The van der Waals surface area contributed by atoms with Gasteiger partial charge in [0, 0.05) is 38.3 Å². The van der Waals surface area contributed by atoms with Gasteiger partial charge in [0.25, 0.3) is 11.6 Å². The Hall–Kier alpha value is -3.89. The molecular weight excluding hydrogens is 364 g/mol. The van der Waals surface area contributed by atoms with E-state index in [1.54, 1.807) is 34.1 Å². The van der Waals surface area contributed by atoms with E-state index >= 15 is 0 Å². The molecule has 1 aliphatic rings. The van der Waals surface area contributed by atoms with Crippen LogP contribution in [0.4, 0.5) is 11.5 Å². The maximum absolute atomic E-state index is 12.7. The summed E-state index contributed by atoms with van der Waals surface area (Å²) in [4.78, 5) is 39.4. The van der Waals surface area contributed by atoms with Crippen LogP contribution in [-0.4, -0.2) is 66.6 Å². The van der Waals surface area contributed by atoms with E-state index in [4.69, 9.17) is 0 Å². The molecule has 3 aromatic rings. The van der Waals surface area contributed by atoms with Crippen molar-refractivity contribution < 1.29 is 9.72 Å². The van der Waals surface area contributed by atoms with Crippen LogP contribution in [0.5, 0.6) is 0 Å². The van der Waals surface area contributed by atoms with Gasteiger partial charge in [-0.1, -0.05) is 12.1 Å². The van der Waals surface area contributed by atoms with Crippen molar-refractivity contribution in [1.29, 1.82) is 0 Å². The molecule has 0 saturated carbocycles. The topological polar surface area (TPSA) is 123 Å². The standard InChI is InChI=1S/C17H16N8O3/c26-17(13-3-1-2-4-14(13)25(27)28)23-7-5-22(6-8-23)15-9-16(20-11-19-15)24-12-18-10-21-24/h1-4,9-12H,5-8H2. The van der Waals surface area contributed by atoms with E-state index in [1.165, 1.54) is 24.8 Å². The first-order valence-corrected chi connectivity index (χ1v) is 8.58. The van der Waals surface area contributed by atoms with Crippen molar-refractivity contribution >= 4 is 17.4 Å². The fourth-order valence-electron chi connectivity index (χ4n) is 3.08. The molecular formula is C17H16N8O3. The maximum Gasteiger partial charge on any atom is 0.282 e. The summed E-state index contributed by atoms with van der Waals surface area (Å²) in [6.45, 7) is 1.99. The van der Waals surface area contributed by atoms with Crippen molar-refractivity contribution in [1.82, 2.24) is 29.6 Å². The second-order valence-electron chi connectivity index (χ2n) is 6.13. The third kappa shape index (κ3) is 3.37. The summed E-state index contributed by atoms with van der Waals surface area (Å²) in [5.74, 6) is 0.983. The van der Waals surface area contributed by atoms with E-state index in [9.17, 15) is 14.9 Å². The second-order valence-corrected chi connectivity index (χ2v) is 6.13. The molecule has 28 heavy (non-hydrogen) atoms. The van der Waals surface area contributed by atoms with Crippen molar-refractivity contribution in [2.75, 3.05) is 31.1 Å². The van der Waals surface area contributed by atoms with Crippen LogP contribution >= 0.6 is 0 Å². The summed E-state index contributed by atoms with van der Waals surface area (Å²) >= 11 is 0. The molecule has 1 amide bonds. The van der Waals surface area contributed by atoms with E-state index in [2.05, 4.69) is 20.1 Å². The number of para-hydroxylation sites is 1. The quantitative estimate of drug-likeness (QED) is 0.484. The van der Waals surface area contributed by atoms with Gasteiger partial charge in [0.15, 0.2) is 5.82 Å². The first-order chi connectivity index (χ1) is 13.6. The van der Waals surface area contributed by atoms with Crippen LogP contribution in [0.25, 0.3) is 5.82 Å². The first kappa shape index (κ1) is 17.5. The van der Waals surface area contributed by atoms with Gasteiger partial charge in [-0.2, -0.15) is 5.10 Å². The van der Waals surface area contributed by atoms with Crippen molar-refractivity contribution in [3.8, 4) is 5.82 Å². The number of aromatic nitrogens is 5. The second kappa shape index (κ2) is 7.39. The lowest BCUT2D eigenvalue weighted by Gasteiger charge is -2.35. The molecule has 0 spiro atoms. The van der Waals surface area contributed by atoms with Crippen molar-refractivity contribution in [3.63, 3.8) is 0 Å². The fraction of sp³-hybridized carbons (Fsp3) is 0.235. The fourth-order valence-corrected chi connectivity index (χ4v) is 3.08. The van der Waals surface area contributed by atoms with Gasteiger partial charge in [-0.25, -0.2) is 19.6 Å². The molecule has 1 saturated heterocycles. The van der Waals surface area contributed by atoms with Gasteiger partial charge in [-0.05, 0) is 6.07 Å². The lowest BCUT2D eigenvalue weighted by molar-refractivity contribution is -0.385. The predicted octanol–water partition coefficient (Wildman–Crippen LogP) is 0.928. The van der Waals surface area contributed by atoms with Gasteiger partial charge in [-0.15, -0.1) is 0 Å². The Kier molecular flexibility index (Phi) is 4.62. The molecule has 0 aliphatic carbocycles. The van der Waals surface area contributed by atoms with Crippen LogP contribution in [0.2, 0.25) is 0 Å². The number of hydrogen-bond acceptors (Lipinski definition) is 8. The van der Waals surface area contributed by atoms with Gasteiger partial charge in [0.1, 0.15) is 30.4 Å². The summed E-state index contributed by atoms with van der Waals surface area (Å²) in [7, 11) is 0. The molecule has 142 valence electrons. The smallest absolute Gasteiger partial charge is 0.282 e. The summed E-state index contributed by atoms with van der Waals surface area (Å²) in [5.41, 5.74) is -0.0698. The number of amides is 1. The van der Waals surface area contributed by atoms with E-state index in [1.807, 2.05) is 4.90 Å². The van der Waals surface area contributed by atoms with E-state index in [-0.39, 0.29) is 17.2 Å². The van der Waals surface area contributed by atoms with Crippen molar-refractivity contribution in [2.24, 2.45) is 0 Å². The number of carbonyl (C=O) groups is 1. The minimum Gasteiger partial charge on any atom is -0.353 e. The zero-order chi connectivity index (χ0) is 19.5. The van der Waals surface area contributed by atoms with E-state index < -0.39 is 4.92 Å². The largest absolute Gasteiger partial charge is 0.353 e. The highest BCUT2D eigenvalue weighted by Crippen LogP contribution is 2.21. The number of nitro groups is 1. The van der Waals surface area contributed by atoms with Crippen LogP contribution < -0.4 is 4.90 Å². The van der Waals surface area contributed by atoms with Crippen LogP contribution in [0.1, 0.15) is 10.4 Å². The minimum atomic E-state index is -0.532. The third-order valence-electron chi connectivity index (χ3n) is 4.51. The molecule has 0 bridgehead atoms. The Balaban J connectivity index is 1.46. The highest BCUT2D eigenvalue weighted by molar-refractivity contribution is 5.98. The van der Waals surface area contributed by atoms with Crippen LogP contribution in [-0.2, 0) is 0 Å². The zero-order valence-corrected chi connectivity index (χ0v) is 14.7. The predicted molar refractivity (Wildman–Crippen MR) is 98.2 cm³/mol. The highest BCUT2D eigenvalue weighted by atomic mass is 16.6. The number of rotatable bonds is 4. The number of nitro benzene ring substituents is 1. The molecule has 4 rings (SSSR count). The van der Waals surface area contributed by atoms with Gasteiger partial charge in [-0.3, -0.25) is 14.9 Å². The van der Waals surface area contributed by atoms with Crippen LogP contribution in [0, 0.1) is 10.1 Å². The Bertz CT molecular complexity index is 999. The first-order valence-electron chi connectivity index (χ1n) is 8.58. The molecule has 0 N–H and O–H groups in total. The number of hydrogen-bond donors (Lipinski definition) is 0. The van der Waals surface area contributed by atoms with E-state index in [0.717, 1.165) is 5.82 Å². The Labute approximate surface area is 159 Å². The number of nitrogens with zero attached hydrogens (tertiary/aromatic N) is 8. The summed E-state index contributed by atoms with van der Waals surface area (Å²) in [6.07, 6.45) is 4.43. The SMILES string of the molecule is O=C(c1ccccc1[N+](=O)[O-])N1CCN(c2cc(-n3cncn3)ncn2)CC1. The van der Waals surface area contributed by atoms with Gasteiger partial charge in [0.05, 0.1) is 4.92 Å². The lowest BCUT2D eigenvalue weighted by Crippen LogP contribution is -2.49. The normalized spacial score (nSPS) is 14.1. The lowest BCUT2D eigenvalue weighted by atomic mass is 10.1. The molecule has 0 atom stereocenters. The Morgan fingerprint density at radius 2 is 1.79 bits per heavy atom. The number of carbonyl (C=O) groups excluding carboxylic acids is 1. The van der Waals surface area contributed by atoms with E-state index in [0.29, 0.717) is 32.0 Å². The molecule has 0 unspecified atom stereocenters.